The molecule has 5 nitrogen and oxygen atoms in total. The molecule has 0 aliphatic heterocycles. The van der Waals surface area contributed by atoms with Gasteiger partial charge in [0.05, 0.1) is 0 Å². The highest BCUT2D eigenvalue weighted by Gasteiger charge is 2.30. The number of aliphatic carboxylic acids is 1. The molecule has 0 aromatic heterocycles. The number of benzene rings is 2. The Balaban J connectivity index is 0.00000261. The maximum absolute atomic E-state index is 12.2. The van der Waals surface area contributed by atoms with Crippen molar-refractivity contribution in [1.82, 2.24) is 5.32 Å². The fourth-order valence-corrected chi connectivity index (χ4v) is 3.45. The number of ether oxygens (including phenoxy) is 1. The molecule has 2 aromatic rings. The monoisotopic (exact) mass is 373 g/mol. The van der Waals surface area contributed by atoms with E-state index in [0.29, 0.717) is 6.42 Å². The van der Waals surface area contributed by atoms with Crippen molar-refractivity contribution in [2.24, 2.45) is 5.92 Å². The van der Waals surface area contributed by atoms with Crippen LogP contribution in [0.4, 0.5) is 9.50 Å². The maximum Gasteiger partial charge on any atom is 0.407 e. The quantitative estimate of drug-likeness (QED) is 0.797. The molecule has 2 aromatic carbocycles. The topological polar surface area (TPSA) is 75.6 Å². The Morgan fingerprint density at radius 1 is 1.07 bits per heavy atom. The van der Waals surface area contributed by atoms with Gasteiger partial charge in [-0.15, -0.1) is 0 Å². The number of fused-ring (bicyclic) bond motifs is 3. The molecule has 6 heteroatoms. The molecule has 3 rings (SSSR count). The van der Waals surface area contributed by atoms with Crippen LogP contribution in [0.1, 0.15) is 37.3 Å². The van der Waals surface area contributed by atoms with Crippen molar-refractivity contribution < 1.29 is 24.1 Å². The van der Waals surface area contributed by atoms with Gasteiger partial charge in [-0.3, -0.25) is 4.70 Å². The number of carbonyl (C=O) groups is 2. The van der Waals surface area contributed by atoms with Gasteiger partial charge in [-0.05, 0) is 28.2 Å². The van der Waals surface area contributed by atoms with Crippen LogP contribution in [0.25, 0.3) is 11.1 Å². The zero-order chi connectivity index (χ0) is 18.7. The van der Waals surface area contributed by atoms with E-state index in [1.54, 1.807) is 6.92 Å². The van der Waals surface area contributed by atoms with E-state index < -0.39 is 18.1 Å². The van der Waals surface area contributed by atoms with Crippen LogP contribution in [0.5, 0.6) is 0 Å². The van der Waals surface area contributed by atoms with Crippen LogP contribution in [0, 0.1) is 5.92 Å². The molecule has 0 saturated carbocycles. The van der Waals surface area contributed by atoms with E-state index in [2.05, 4.69) is 17.4 Å². The average Bonchev–Trinajstić information content (AvgIpc) is 2.97. The van der Waals surface area contributed by atoms with E-state index in [1.165, 1.54) is 0 Å². The summed E-state index contributed by atoms with van der Waals surface area (Å²) in [4.78, 5) is 23.5. The number of halogens is 1. The van der Waals surface area contributed by atoms with Gasteiger partial charge in [0, 0.05) is 5.92 Å². The van der Waals surface area contributed by atoms with Crippen LogP contribution in [0.15, 0.2) is 48.5 Å². The Hall–Kier alpha value is -2.89. The summed E-state index contributed by atoms with van der Waals surface area (Å²) < 4.78 is 5.40. The van der Waals surface area contributed by atoms with Crippen LogP contribution < -0.4 is 5.32 Å². The first-order valence-electron chi connectivity index (χ1n) is 8.87. The number of hydrogen-bond acceptors (Lipinski definition) is 3. The van der Waals surface area contributed by atoms with Crippen molar-refractivity contribution in [2.45, 2.75) is 32.2 Å². The highest BCUT2D eigenvalue weighted by Crippen LogP contribution is 2.44. The average molecular weight is 373 g/mol. The Labute approximate surface area is 157 Å². The molecular formula is C21H24FNO4. The molecule has 27 heavy (non-hydrogen) atoms. The number of carboxylic acid groups (broad SMARTS) is 1. The van der Waals surface area contributed by atoms with Gasteiger partial charge in [0.15, 0.2) is 0 Å². The van der Waals surface area contributed by atoms with Crippen LogP contribution in [-0.2, 0) is 9.53 Å². The van der Waals surface area contributed by atoms with Crippen molar-refractivity contribution in [3.05, 3.63) is 59.7 Å². The molecule has 0 unspecified atom stereocenters. The fourth-order valence-electron chi connectivity index (χ4n) is 3.45. The minimum atomic E-state index is -1.05. The molecule has 0 spiro atoms. The largest absolute Gasteiger partial charge is 0.480 e. The first-order chi connectivity index (χ1) is 12.5. The second-order valence-corrected chi connectivity index (χ2v) is 6.67. The predicted molar refractivity (Wildman–Crippen MR) is 102 cm³/mol. The van der Waals surface area contributed by atoms with Gasteiger partial charge in [-0.25, -0.2) is 9.59 Å². The Bertz CT molecular complexity index is 778. The predicted octanol–water partition coefficient (Wildman–Crippen LogP) is 4.18. The normalized spacial score (nSPS) is 14.3. The van der Waals surface area contributed by atoms with Crippen molar-refractivity contribution in [3.8, 4) is 11.1 Å². The molecule has 144 valence electrons. The number of nitrogens with one attached hydrogen (secondary N) is 1. The molecule has 0 heterocycles. The Kier molecular flexibility index (Phi) is 6.55. The standard InChI is InChI=1S/C21H23NO4.FH/c1-3-13(2)19(20(23)24)22-21(25)26-12-18-16-10-6-4-8-14(16)15-9-5-7-11-17(15)18;/h4-11,13,18-19H,3,12H2,1-2H3,(H,22,25)(H,23,24);1H/t13-,19-;/m0./s1. The third kappa shape index (κ3) is 4.10. The van der Waals surface area contributed by atoms with Crippen LogP contribution in [0.3, 0.4) is 0 Å². The molecular weight excluding hydrogens is 349 g/mol. The number of carboxylic acids is 1. The van der Waals surface area contributed by atoms with Gasteiger partial charge in [0.25, 0.3) is 0 Å². The van der Waals surface area contributed by atoms with E-state index in [-0.39, 0.29) is 23.1 Å². The molecule has 0 bridgehead atoms. The lowest BCUT2D eigenvalue weighted by Gasteiger charge is -2.21. The smallest absolute Gasteiger partial charge is 0.407 e. The maximum atomic E-state index is 12.2. The van der Waals surface area contributed by atoms with Gasteiger partial charge in [0.1, 0.15) is 12.6 Å². The second-order valence-electron chi connectivity index (χ2n) is 6.67. The lowest BCUT2D eigenvalue weighted by molar-refractivity contribution is -0.140. The third-order valence-corrected chi connectivity index (χ3v) is 5.10. The SMILES string of the molecule is CC[C@H](C)[C@H](NC(=O)OCC1c2ccccc2-c2ccccc21)C(=O)O.F. The van der Waals surface area contributed by atoms with E-state index >= 15 is 0 Å². The van der Waals surface area contributed by atoms with Crippen LogP contribution >= 0.6 is 0 Å². The van der Waals surface area contributed by atoms with Gasteiger partial charge < -0.3 is 15.2 Å². The summed E-state index contributed by atoms with van der Waals surface area (Å²) >= 11 is 0. The minimum absolute atomic E-state index is 0. The van der Waals surface area contributed by atoms with E-state index in [4.69, 9.17) is 4.74 Å². The van der Waals surface area contributed by atoms with E-state index in [1.807, 2.05) is 43.3 Å². The molecule has 0 radical (unpaired) electrons. The summed E-state index contributed by atoms with van der Waals surface area (Å²) in [5.74, 6) is -1.26. The Morgan fingerprint density at radius 2 is 1.59 bits per heavy atom. The zero-order valence-electron chi connectivity index (χ0n) is 15.3. The molecule has 1 aliphatic carbocycles. The molecule has 1 amide bonds. The van der Waals surface area contributed by atoms with Crippen molar-refractivity contribution in [1.29, 1.82) is 0 Å². The zero-order valence-corrected chi connectivity index (χ0v) is 15.3. The fraction of sp³-hybridized carbons (Fsp3) is 0.333. The molecule has 0 saturated heterocycles. The van der Waals surface area contributed by atoms with Gasteiger partial charge in [-0.2, -0.15) is 0 Å². The summed E-state index contributed by atoms with van der Waals surface area (Å²) in [6.45, 7) is 3.86. The first-order valence-corrected chi connectivity index (χ1v) is 8.87. The summed E-state index contributed by atoms with van der Waals surface area (Å²) in [6, 6.07) is 15.2. The third-order valence-electron chi connectivity index (χ3n) is 5.10. The molecule has 2 atom stereocenters. The van der Waals surface area contributed by atoms with Crippen molar-refractivity contribution in [3.63, 3.8) is 0 Å². The summed E-state index contributed by atoms with van der Waals surface area (Å²) in [5.41, 5.74) is 4.55. The lowest BCUT2D eigenvalue weighted by atomic mass is 9.98. The Morgan fingerprint density at radius 3 is 2.07 bits per heavy atom. The van der Waals surface area contributed by atoms with Crippen molar-refractivity contribution in [2.75, 3.05) is 6.61 Å². The van der Waals surface area contributed by atoms with Gasteiger partial charge >= 0.3 is 12.1 Å². The minimum Gasteiger partial charge on any atom is -0.480 e. The van der Waals surface area contributed by atoms with Gasteiger partial charge in [0.2, 0.25) is 0 Å². The highest BCUT2D eigenvalue weighted by molar-refractivity contribution is 5.81. The van der Waals surface area contributed by atoms with E-state index in [0.717, 1.165) is 22.3 Å². The number of alkyl carbamates (subject to hydrolysis) is 1. The molecule has 2 N–H and O–H groups in total. The number of carbonyl (C=O) groups excluding carboxylic acids is 1. The second kappa shape index (κ2) is 8.66. The van der Waals surface area contributed by atoms with Crippen molar-refractivity contribution >= 4 is 12.1 Å². The number of hydrogen-bond donors (Lipinski definition) is 2. The van der Waals surface area contributed by atoms with Crippen LogP contribution in [-0.4, -0.2) is 29.8 Å². The summed E-state index contributed by atoms with van der Waals surface area (Å²) in [5, 5.41) is 11.8. The van der Waals surface area contributed by atoms with Gasteiger partial charge in [-0.1, -0.05) is 68.8 Å². The molecule has 1 aliphatic rings. The summed E-state index contributed by atoms with van der Waals surface area (Å²) in [7, 11) is 0. The highest BCUT2D eigenvalue weighted by atomic mass is 19.0. The van der Waals surface area contributed by atoms with E-state index in [9.17, 15) is 14.7 Å². The number of rotatable bonds is 6. The summed E-state index contributed by atoms with van der Waals surface area (Å²) in [6.07, 6.45) is -0.0415. The lowest BCUT2D eigenvalue weighted by Crippen LogP contribution is -2.45. The van der Waals surface area contributed by atoms with Crippen LogP contribution in [0.2, 0.25) is 0 Å². The molecule has 0 fully saturated rings. The number of amides is 1. The first kappa shape index (κ1) is 20.4.